The number of carbonyl (C=O) groups is 1. The van der Waals surface area contributed by atoms with Crippen LogP contribution in [0.25, 0.3) is 0 Å². The molecule has 1 amide bonds. The van der Waals surface area contributed by atoms with E-state index in [1.165, 1.54) is 24.1 Å². The minimum atomic E-state index is -0.766. The van der Waals surface area contributed by atoms with Crippen molar-refractivity contribution in [3.63, 3.8) is 0 Å². The first-order chi connectivity index (χ1) is 15.8. The van der Waals surface area contributed by atoms with Crippen LogP contribution in [-0.4, -0.2) is 35.5 Å². The van der Waals surface area contributed by atoms with Crippen molar-refractivity contribution in [2.45, 2.75) is 18.8 Å². The lowest BCUT2D eigenvalue weighted by atomic mass is 9.82. The van der Waals surface area contributed by atoms with Crippen LogP contribution in [0.1, 0.15) is 46.2 Å². The third-order valence-corrected chi connectivity index (χ3v) is 5.78. The van der Waals surface area contributed by atoms with Gasteiger partial charge in [0, 0.05) is 37.2 Å². The summed E-state index contributed by atoms with van der Waals surface area (Å²) >= 11 is 6.53. The Morgan fingerprint density at radius 3 is 2.64 bits per heavy atom. The summed E-state index contributed by atoms with van der Waals surface area (Å²) in [5.41, 5.74) is 0.797. The maximum Gasteiger partial charge on any atom is 0.296 e. The van der Waals surface area contributed by atoms with Crippen molar-refractivity contribution >= 4 is 23.2 Å². The van der Waals surface area contributed by atoms with E-state index in [0.29, 0.717) is 10.8 Å². The van der Waals surface area contributed by atoms with Crippen LogP contribution in [0.4, 0.5) is 5.69 Å². The summed E-state index contributed by atoms with van der Waals surface area (Å²) in [6.45, 7) is 1.88. The van der Waals surface area contributed by atoms with Crippen molar-refractivity contribution < 1.29 is 14.4 Å². The van der Waals surface area contributed by atoms with E-state index in [0.717, 1.165) is 11.1 Å². The standard InChI is InChI=1S/C22H21ClN6O4/c1-12(17(13-8-24-28(2)10-13)15-6-4-5-7-16(15)23)20-27-18(19(30)22(32)29(20)3)21(31)26-14-9-25-33-11-14/h4-12,17,30H,1-3H3,(H,26,31)/t12-,17-/m1/s1. The molecule has 0 radical (unpaired) electrons. The van der Waals surface area contributed by atoms with Crippen molar-refractivity contribution in [2.24, 2.45) is 14.1 Å². The largest absolute Gasteiger partial charge is 0.501 e. The van der Waals surface area contributed by atoms with Crippen LogP contribution in [0.2, 0.25) is 5.02 Å². The van der Waals surface area contributed by atoms with Gasteiger partial charge in [0.2, 0.25) is 5.75 Å². The smallest absolute Gasteiger partial charge is 0.296 e. The highest BCUT2D eigenvalue weighted by atomic mass is 35.5. The number of nitrogens with zero attached hydrogens (tertiary/aromatic N) is 5. The molecule has 0 saturated carbocycles. The van der Waals surface area contributed by atoms with Crippen LogP contribution in [-0.2, 0) is 14.1 Å². The summed E-state index contributed by atoms with van der Waals surface area (Å²) < 4.78 is 7.60. The first kappa shape index (κ1) is 22.3. The van der Waals surface area contributed by atoms with E-state index in [9.17, 15) is 14.7 Å². The molecule has 3 heterocycles. The summed E-state index contributed by atoms with van der Waals surface area (Å²) in [5.74, 6) is -1.98. The predicted octanol–water partition coefficient (Wildman–Crippen LogP) is 3.05. The zero-order chi connectivity index (χ0) is 23.7. The molecule has 0 aliphatic heterocycles. The number of aromatic hydroxyl groups is 1. The van der Waals surface area contributed by atoms with Gasteiger partial charge < -0.3 is 14.9 Å². The molecule has 0 aliphatic carbocycles. The number of anilines is 1. The Kier molecular flexibility index (Phi) is 6.01. The summed E-state index contributed by atoms with van der Waals surface area (Å²) in [6, 6.07) is 7.39. The maximum atomic E-state index is 12.8. The van der Waals surface area contributed by atoms with E-state index in [-0.39, 0.29) is 11.6 Å². The number of hydrogen-bond acceptors (Lipinski definition) is 7. The van der Waals surface area contributed by atoms with Gasteiger partial charge in [-0.05, 0) is 17.2 Å². The van der Waals surface area contributed by atoms with E-state index in [1.807, 2.05) is 31.3 Å². The topological polar surface area (TPSA) is 128 Å². The van der Waals surface area contributed by atoms with Crippen LogP contribution in [0.5, 0.6) is 5.75 Å². The van der Waals surface area contributed by atoms with Crippen LogP contribution in [0, 0.1) is 0 Å². The van der Waals surface area contributed by atoms with Crippen LogP contribution in [0.3, 0.4) is 0 Å². The van der Waals surface area contributed by atoms with Crippen LogP contribution >= 0.6 is 11.6 Å². The molecule has 0 unspecified atom stereocenters. The van der Waals surface area contributed by atoms with Gasteiger partial charge >= 0.3 is 0 Å². The molecule has 4 aromatic rings. The van der Waals surface area contributed by atoms with Gasteiger partial charge in [-0.2, -0.15) is 5.10 Å². The van der Waals surface area contributed by atoms with Crippen molar-refractivity contribution in [1.82, 2.24) is 24.5 Å². The second kappa shape index (κ2) is 8.91. The van der Waals surface area contributed by atoms with Crippen LogP contribution < -0.4 is 10.9 Å². The lowest BCUT2D eigenvalue weighted by molar-refractivity contribution is 0.101. The van der Waals surface area contributed by atoms with Crippen LogP contribution in [0.15, 0.2) is 58.4 Å². The van der Waals surface area contributed by atoms with Gasteiger partial charge in [0.1, 0.15) is 17.8 Å². The number of aromatic nitrogens is 5. The number of hydrogen-bond donors (Lipinski definition) is 2. The van der Waals surface area contributed by atoms with Crippen molar-refractivity contribution in [3.05, 3.63) is 87.1 Å². The number of carbonyl (C=O) groups excluding carboxylic acids is 1. The highest BCUT2D eigenvalue weighted by Gasteiger charge is 2.31. The Bertz CT molecular complexity index is 1360. The zero-order valence-corrected chi connectivity index (χ0v) is 18.8. The Morgan fingerprint density at radius 1 is 1.24 bits per heavy atom. The summed E-state index contributed by atoms with van der Waals surface area (Å²) in [5, 5.41) is 21.2. The normalized spacial score (nSPS) is 13.0. The average molecular weight is 469 g/mol. The number of nitrogens with one attached hydrogen (secondary N) is 1. The molecule has 0 saturated heterocycles. The SMILES string of the molecule is C[C@@H](c1nc(C(=O)Nc2cnoc2)c(O)c(=O)n1C)[C@H](c1cnn(C)c1)c1ccccc1Cl. The fraction of sp³-hybridized carbons (Fsp3) is 0.227. The number of amides is 1. The fourth-order valence-corrected chi connectivity index (χ4v) is 4.10. The minimum absolute atomic E-state index is 0.265. The van der Waals surface area contributed by atoms with E-state index in [1.54, 1.807) is 24.0 Å². The monoisotopic (exact) mass is 468 g/mol. The number of rotatable bonds is 6. The van der Waals surface area contributed by atoms with Gasteiger partial charge in [-0.1, -0.05) is 41.9 Å². The average Bonchev–Trinajstić information content (AvgIpc) is 3.45. The highest BCUT2D eigenvalue weighted by Crippen LogP contribution is 2.40. The quantitative estimate of drug-likeness (QED) is 0.445. The molecular weight excluding hydrogens is 448 g/mol. The summed E-state index contributed by atoms with van der Waals surface area (Å²) in [4.78, 5) is 30.0. The van der Waals surface area contributed by atoms with Gasteiger partial charge in [0.15, 0.2) is 5.69 Å². The maximum absolute atomic E-state index is 12.8. The van der Waals surface area contributed by atoms with Crippen molar-refractivity contribution in [1.29, 1.82) is 0 Å². The molecule has 0 spiro atoms. The second-order valence-corrected chi connectivity index (χ2v) is 8.04. The van der Waals surface area contributed by atoms with Gasteiger partial charge in [-0.15, -0.1) is 0 Å². The Hall–Kier alpha value is -3.92. The molecule has 3 aromatic heterocycles. The first-order valence-electron chi connectivity index (χ1n) is 10.0. The lowest BCUT2D eigenvalue weighted by Crippen LogP contribution is -2.29. The Labute approximate surface area is 193 Å². The minimum Gasteiger partial charge on any atom is -0.501 e. The molecule has 33 heavy (non-hydrogen) atoms. The highest BCUT2D eigenvalue weighted by molar-refractivity contribution is 6.31. The molecule has 1 aromatic carbocycles. The third kappa shape index (κ3) is 4.24. The van der Waals surface area contributed by atoms with E-state index in [2.05, 4.69) is 20.6 Å². The van der Waals surface area contributed by atoms with Gasteiger partial charge in [-0.25, -0.2) is 4.98 Å². The molecule has 2 atom stereocenters. The molecule has 2 N–H and O–H groups in total. The zero-order valence-electron chi connectivity index (χ0n) is 18.1. The van der Waals surface area contributed by atoms with Gasteiger partial charge in [0.05, 0.1) is 12.4 Å². The summed E-state index contributed by atoms with van der Waals surface area (Å²) in [6.07, 6.45) is 6.09. The van der Waals surface area contributed by atoms with Crippen molar-refractivity contribution in [2.75, 3.05) is 5.32 Å². The van der Waals surface area contributed by atoms with E-state index >= 15 is 0 Å². The van der Waals surface area contributed by atoms with E-state index < -0.39 is 28.8 Å². The van der Waals surface area contributed by atoms with Gasteiger partial charge in [0.25, 0.3) is 11.5 Å². The molecule has 0 aliphatic rings. The third-order valence-electron chi connectivity index (χ3n) is 5.44. The van der Waals surface area contributed by atoms with Crippen molar-refractivity contribution in [3.8, 4) is 5.75 Å². The number of benzene rings is 1. The molecule has 4 rings (SSSR count). The van der Waals surface area contributed by atoms with E-state index in [4.69, 9.17) is 16.1 Å². The summed E-state index contributed by atoms with van der Waals surface area (Å²) in [7, 11) is 3.30. The molecule has 10 nitrogen and oxygen atoms in total. The predicted molar refractivity (Wildman–Crippen MR) is 121 cm³/mol. The molecular formula is C22H21ClN6O4. The Balaban J connectivity index is 1.83. The molecule has 170 valence electrons. The van der Waals surface area contributed by atoms with Gasteiger partial charge in [-0.3, -0.25) is 18.8 Å². The fourth-order valence-electron chi connectivity index (χ4n) is 3.84. The first-order valence-corrected chi connectivity index (χ1v) is 10.4. The number of aryl methyl sites for hydroxylation is 1. The molecule has 0 fully saturated rings. The lowest BCUT2D eigenvalue weighted by Gasteiger charge is -2.26. The molecule has 11 heteroatoms. The second-order valence-electron chi connectivity index (χ2n) is 7.63. The number of halogens is 1. The Morgan fingerprint density at radius 2 is 2.00 bits per heavy atom. The molecule has 0 bridgehead atoms.